The summed E-state index contributed by atoms with van der Waals surface area (Å²) in [6, 6.07) is 5.90. The average molecular weight is 296 g/mol. The van der Waals surface area contributed by atoms with Gasteiger partial charge < -0.3 is 10.1 Å². The lowest BCUT2D eigenvalue weighted by molar-refractivity contribution is -0.0493. The van der Waals surface area contributed by atoms with Gasteiger partial charge in [0.1, 0.15) is 11.6 Å². The van der Waals surface area contributed by atoms with Crippen LogP contribution >= 0.6 is 0 Å². The Balaban J connectivity index is 2.15. The number of halogens is 2. The summed E-state index contributed by atoms with van der Waals surface area (Å²) in [6.45, 7) is 0.821. The molecule has 0 bridgehead atoms. The van der Waals surface area contributed by atoms with Gasteiger partial charge in [0.15, 0.2) is 0 Å². The van der Waals surface area contributed by atoms with E-state index in [4.69, 9.17) is 0 Å². The van der Waals surface area contributed by atoms with E-state index in [2.05, 4.69) is 25.2 Å². The Hall–Kier alpha value is -2.51. The fraction of sp³-hybridized carbons (Fsp3) is 0.308. The number of carbonyl (C=O) groups excluding carboxylic acids is 1. The minimum absolute atomic E-state index is 0.0643. The summed E-state index contributed by atoms with van der Waals surface area (Å²) in [4.78, 5) is 16.0. The molecule has 2 N–H and O–H groups in total. The number of ether oxygens (including phenoxy) is 1. The van der Waals surface area contributed by atoms with Crippen molar-refractivity contribution in [2.75, 3.05) is 5.32 Å². The number of alkyl halides is 2. The first-order valence-electron chi connectivity index (χ1n) is 6.25. The molecule has 0 aliphatic rings. The first-order chi connectivity index (χ1) is 9.97. The lowest BCUT2D eigenvalue weighted by Crippen LogP contribution is -2.15. The van der Waals surface area contributed by atoms with Crippen LogP contribution in [0.1, 0.15) is 36.2 Å². The number of hydrogen-bond acceptors (Lipinski definition) is 4. The van der Waals surface area contributed by atoms with Gasteiger partial charge in [-0.1, -0.05) is 26.0 Å². The highest BCUT2D eigenvalue weighted by molar-refractivity contribution is 6.02. The molecule has 8 heteroatoms. The van der Waals surface area contributed by atoms with E-state index in [1.54, 1.807) is 6.07 Å². The van der Waals surface area contributed by atoms with Crippen molar-refractivity contribution in [1.82, 2.24) is 15.2 Å². The molecule has 0 aliphatic heterocycles. The molecule has 0 aliphatic carbocycles. The number of amides is 1. The lowest BCUT2D eigenvalue weighted by Gasteiger charge is -2.10. The Morgan fingerprint density at radius 3 is 2.67 bits per heavy atom. The molecule has 6 nitrogen and oxygen atoms in total. The van der Waals surface area contributed by atoms with Gasteiger partial charge in [-0.15, -0.1) is 5.10 Å². The standard InChI is InChI=1S/C13H14F2N4O2/c1-7(2)10-17-11(19-18-10)12(20)16-8-5-3-4-6-9(8)21-13(14)15/h3-7,13H,1-2H3,(H,16,20)(H,17,18,19). The molecule has 1 aromatic carbocycles. The number of aromatic amines is 1. The Bertz CT molecular complexity index is 628. The Labute approximate surface area is 119 Å². The second kappa shape index (κ2) is 6.29. The molecule has 0 atom stereocenters. The van der Waals surface area contributed by atoms with E-state index in [0.29, 0.717) is 5.82 Å². The van der Waals surface area contributed by atoms with Crippen molar-refractivity contribution in [2.45, 2.75) is 26.4 Å². The Morgan fingerprint density at radius 1 is 1.33 bits per heavy atom. The number of hydrogen-bond donors (Lipinski definition) is 2. The maximum atomic E-state index is 12.3. The smallest absolute Gasteiger partial charge is 0.387 e. The van der Waals surface area contributed by atoms with Gasteiger partial charge in [-0.05, 0) is 12.1 Å². The predicted octanol–water partition coefficient (Wildman–Crippen LogP) is 2.78. The third-order valence-corrected chi connectivity index (χ3v) is 2.60. The molecule has 0 unspecified atom stereocenters. The second-order valence-electron chi connectivity index (χ2n) is 4.53. The van der Waals surface area contributed by atoms with Crippen LogP contribution in [0.15, 0.2) is 24.3 Å². The normalized spacial score (nSPS) is 11.0. The number of carbonyl (C=O) groups is 1. The summed E-state index contributed by atoms with van der Waals surface area (Å²) in [5.41, 5.74) is 0.124. The van der Waals surface area contributed by atoms with Gasteiger partial charge >= 0.3 is 6.61 Å². The summed E-state index contributed by atoms with van der Waals surface area (Å²) < 4.78 is 28.9. The molecule has 1 heterocycles. The van der Waals surface area contributed by atoms with Gasteiger partial charge in [0.05, 0.1) is 5.69 Å². The van der Waals surface area contributed by atoms with Crippen LogP contribution in [0.3, 0.4) is 0 Å². The first kappa shape index (κ1) is 14.9. The predicted molar refractivity (Wildman–Crippen MR) is 71.5 cm³/mol. The summed E-state index contributed by atoms with van der Waals surface area (Å²) in [5, 5.41) is 8.87. The molecular weight excluding hydrogens is 282 g/mol. The van der Waals surface area contributed by atoms with Crippen LogP contribution in [-0.4, -0.2) is 27.7 Å². The largest absolute Gasteiger partial charge is 0.433 e. The van der Waals surface area contributed by atoms with Crippen LogP contribution in [0.5, 0.6) is 5.75 Å². The number of H-pyrrole nitrogens is 1. The quantitative estimate of drug-likeness (QED) is 0.889. The number of anilines is 1. The monoisotopic (exact) mass is 296 g/mol. The average Bonchev–Trinajstić information content (AvgIpc) is 2.90. The highest BCUT2D eigenvalue weighted by Gasteiger charge is 2.17. The molecule has 0 spiro atoms. The Kier molecular flexibility index (Phi) is 4.46. The number of para-hydroxylation sites is 2. The minimum atomic E-state index is -2.97. The zero-order valence-electron chi connectivity index (χ0n) is 11.4. The summed E-state index contributed by atoms with van der Waals surface area (Å²) in [7, 11) is 0. The zero-order chi connectivity index (χ0) is 15.4. The van der Waals surface area contributed by atoms with Crippen LogP contribution in [0, 0.1) is 0 Å². The second-order valence-corrected chi connectivity index (χ2v) is 4.53. The van der Waals surface area contributed by atoms with Gasteiger partial charge in [-0.25, -0.2) is 4.98 Å². The van der Waals surface area contributed by atoms with Crippen LogP contribution in [0.2, 0.25) is 0 Å². The van der Waals surface area contributed by atoms with Crippen molar-refractivity contribution in [1.29, 1.82) is 0 Å². The van der Waals surface area contributed by atoms with Crippen LogP contribution in [-0.2, 0) is 0 Å². The number of benzene rings is 1. The van der Waals surface area contributed by atoms with Gasteiger partial charge in [0.2, 0.25) is 5.82 Å². The van der Waals surface area contributed by atoms with Crippen molar-refractivity contribution < 1.29 is 18.3 Å². The molecule has 0 fully saturated rings. The third-order valence-electron chi connectivity index (χ3n) is 2.60. The topological polar surface area (TPSA) is 79.9 Å². The summed E-state index contributed by atoms with van der Waals surface area (Å²) in [6.07, 6.45) is 0. The number of nitrogens with zero attached hydrogens (tertiary/aromatic N) is 2. The molecule has 1 aromatic heterocycles. The lowest BCUT2D eigenvalue weighted by atomic mass is 10.2. The van der Waals surface area contributed by atoms with Crippen molar-refractivity contribution in [3.63, 3.8) is 0 Å². The summed E-state index contributed by atoms with van der Waals surface area (Å²) in [5.74, 6) is -0.139. The fourth-order valence-electron chi connectivity index (χ4n) is 1.58. The van der Waals surface area contributed by atoms with Gasteiger partial charge in [0.25, 0.3) is 5.91 Å². The summed E-state index contributed by atoms with van der Waals surface area (Å²) >= 11 is 0. The highest BCUT2D eigenvalue weighted by Crippen LogP contribution is 2.25. The fourth-order valence-corrected chi connectivity index (χ4v) is 1.58. The molecule has 0 radical (unpaired) electrons. The van der Waals surface area contributed by atoms with Crippen molar-refractivity contribution >= 4 is 11.6 Å². The van der Waals surface area contributed by atoms with Crippen LogP contribution < -0.4 is 10.1 Å². The number of nitrogens with one attached hydrogen (secondary N) is 2. The van der Waals surface area contributed by atoms with Crippen LogP contribution in [0.25, 0.3) is 0 Å². The van der Waals surface area contributed by atoms with E-state index in [1.165, 1.54) is 18.2 Å². The van der Waals surface area contributed by atoms with E-state index < -0.39 is 12.5 Å². The number of aromatic nitrogens is 3. The zero-order valence-corrected chi connectivity index (χ0v) is 11.4. The first-order valence-corrected chi connectivity index (χ1v) is 6.25. The minimum Gasteiger partial charge on any atom is -0.433 e. The Morgan fingerprint density at radius 2 is 2.05 bits per heavy atom. The van der Waals surface area contributed by atoms with Crippen molar-refractivity contribution in [2.24, 2.45) is 0 Å². The molecule has 2 rings (SSSR count). The van der Waals surface area contributed by atoms with E-state index in [1.807, 2.05) is 13.8 Å². The number of rotatable bonds is 5. The maximum absolute atomic E-state index is 12.3. The molecule has 21 heavy (non-hydrogen) atoms. The van der Waals surface area contributed by atoms with E-state index in [-0.39, 0.29) is 23.2 Å². The van der Waals surface area contributed by atoms with Gasteiger partial charge in [-0.2, -0.15) is 8.78 Å². The molecule has 112 valence electrons. The van der Waals surface area contributed by atoms with Crippen molar-refractivity contribution in [3.8, 4) is 5.75 Å². The van der Waals surface area contributed by atoms with Gasteiger partial charge in [-0.3, -0.25) is 9.89 Å². The van der Waals surface area contributed by atoms with Gasteiger partial charge in [0, 0.05) is 5.92 Å². The molecule has 0 saturated heterocycles. The van der Waals surface area contributed by atoms with Crippen LogP contribution in [0.4, 0.5) is 14.5 Å². The van der Waals surface area contributed by atoms with E-state index >= 15 is 0 Å². The molecular formula is C13H14F2N4O2. The highest BCUT2D eigenvalue weighted by atomic mass is 19.3. The van der Waals surface area contributed by atoms with Crippen molar-refractivity contribution in [3.05, 3.63) is 35.9 Å². The maximum Gasteiger partial charge on any atom is 0.387 e. The van der Waals surface area contributed by atoms with E-state index in [9.17, 15) is 13.6 Å². The van der Waals surface area contributed by atoms with E-state index in [0.717, 1.165) is 0 Å². The molecule has 2 aromatic rings. The molecule has 0 saturated carbocycles. The SMILES string of the molecule is CC(C)c1nc(C(=O)Nc2ccccc2OC(F)F)n[nH]1. The third kappa shape index (κ3) is 3.74. The molecule has 1 amide bonds.